The smallest absolute Gasteiger partial charge is 0.141 e. The van der Waals surface area contributed by atoms with Gasteiger partial charge in [0.25, 0.3) is 0 Å². The van der Waals surface area contributed by atoms with Gasteiger partial charge >= 0.3 is 0 Å². The molecule has 0 saturated heterocycles. The Morgan fingerprint density at radius 2 is 2.29 bits per heavy atom. The molecule has 0 aliphatic heterocycles. The molecule has 1 saturated carbocycles. The molecular weight excluding hydrogens is 183 g/mol. The van der Waals surface area contributed by atoms with Gasteiger partial charge in [0.15, 0.2) is 0 Å². The van der Waals surface area contributed by atoms with E-state index < -0.39 is 0 Å². The van der Waals surface area contributed by atoms with E-state index in [0.29, 0.717) is 19.4 Å². The minimum Gasteiger partial charge on any atom is -0.393 e. The number of aliphatic hydroxyl groups is 1. The first-order valence-corrected chi connectivity index (χ1v) is 4.66. The molecule has 3 N–H and O–H groups in total. The van der Waals surface area contributed by atoms with Crippen LogP contribution in [0.1, 0.15) is 18.5 Å². The topological polar surface area (TPSA) is 59.1 Å². The molecule has 0 amide bonds. The molecule has 76 valence electrons. The maximum Gasteiger partial charge on any atom is 0.141 e. The molecule has 0 bridgehead atoms. The van der Waals surface area contributed by atoms with Gasteiger partial charge in [-0.25, -0.2) is 4.39 Å². The van der Waals surface area contributed by atoms with Crippen LogP contribution in [-0.2, 0) is 5.41 Å². The Morgan fingerprint density at radius 3 is 2.71 bits per heavy atom. The van der Waals surface area contributed by atoms with Crippen LogP contribution in [0, 0.1) is 5.82 Å². The molecule has 0 radical (unpaired) electrons. The molecule has 1 fully saturated rings. The molecular formula is C10H13FN2O. The van der Waals surface area contributed by atoms with Gasteiger partial charge in [0.05, 0.1) is 12.3 Å². The third kappa shape index (κ3) is 1.40. The highest BCUT2D eigenvalue weighted by atomic mass is 19.1. The average Bonchev–Trinajstić information content (AvgIpc) is 2.14. The molecule has 0 spiro atoms. The molecule has 3 nitrogen and oxygen atoms in total. The lowest BCUT2D eigenvalue weighted by atomic mass is 9.64. The fourth-order valence-electron chi connectivity index (χ4n) is 2.01. The maximum absolute atomic E-state index is 12.6. The van der Waals surface area contributed by atoms with E-state index in [0.717, 1.165) is 5.69 Å². The van der Waals surface area contributed by atoms with Crippen LogP contribution in [0.5, 0.6) is 0 Å². The molecule has 0 aromatic carbocycles. The Morgan fingerprint density at radius 1 is 1.57 bits per heavy atom. The zero-order valence-corrected chi connectivity index (χ0v) is 7.78. The van der Waals surface area contributed by atoms with Crippen molar-refractivity contribution in [1.29, 1.82) is 0 Å². The van der Waals surface area contributed by atoms with E-state index >= 15 is 0 Å². The Labute approximate surface area is 81.8 Å². The summed E-state index contributed by atoms with van der Waals surface area (Å²) in [6, 6.07) is 3.03. The van der Waals surface area contributed by atoms with Crippen molar-refractivity contribution in [2.24, 2.45) is 5.73 Å². The van der Waals surface area contributed by atoms with Crippen LogP contribution >= 0.6 is 0 Å². The van der Waals surface area contributed by atoms with E-state index in [1.807, 2.05) is 0 Å². The van der Waals surface area contributed by atoms with Crippen LogP contribution in [0.2, 0.25) is 0 Å². The first kappa shape index (κ1) is 9.55. The molecule has 1 aliphatic carbocycles. The van der Waals surface area contributed by atoms with Gasteiger partial charge in [0.1, 0.15) is 5.82 Å². The predicted octanol–water partition coefficient (Wildman–Crippen LogP) is 0.572. The van der Waals surface area contributed by atoms with Crippen molar-refractivity contribution in [3.05, 3.63) is 29.8 Å². The highest BCUT2D eigenvalue weighted by Crippen LogP contribution is 2.41. The quantitative estimate of drug-likeness (QED) is 0.727. The fourth-order valence-corrected chi connectivity index (χ4v) is 2.01. The monoisotopic (exact) mass is 196 g/mol. The lowest BCUT2D eigenvalue weighted by Crippen LogP contribution is -2.50. The second-order valence-corrected chi connectivity index (χ2v) is 3.91. The highest BCUT2D eigenvalue weighted by molar-refractivity contribution is 5.23. The molecule has 14 heavy (non-hydrogen) atoms. The van der Waals surface area contributed by atoms with E-state index in [1.165, 1.54) is 12.3 Å². The van der Waals surface area contributed by atoms with Gasteiger partial charge in [-0.1, -0.05) is 0 Å². The second kappa shape index (κ2) is 3.29. The number of aliphatic hydroxyl groups excluding tert-OH is 1. The van der Waals surface area contributed by atoms with Crippen molar-refractivity contribution >= 4 is 0 Å². The number of nitrogens with zero attached hydrogens (tertiary/aromatic N) is 1. The number of pyridine rings is 1. The van der Waals surface area contributed by atoms with E-state index in [2.05, 4.69) is 4.98 Å². The van der Waals surface area contributed by atoms with Crippen LogP contribution in [0.3, 0.4) is 0 Å². The first-order chi connectivity index (χ1) is 6.66. The van der Waals surface area contributed by atoms with Gasteiger partial charge in [-0.15, -0.1) is 0 Å². The number of hydrogen-bond acceptors (Lipinski definition) is 3. The van der Waals surface area contributed by atoms with Gasteiger partial charge in [0, 0.05) is 17.7 Å². The molecule has 2 rings (SSSR count). The van der Waals surface area contributed by atoms with E-state index in [4.69, 9.17) is 5.73 Å². The van der Waals surface area contributed by atoms with Gasteiger partial charge in [0.2, 0.25) is 0 Å². The number of nitrogens with two attached hydrogens (primary N) is 1. The largest absolute Gasteiger partial charge is 0.393 e. The first-order valence-electron chi connectivity index (χ1n) is 4.66. The Balaban J connectivity index is 2.25. The van der Waals surface area contributed by atoms with E-state index in [1.54, 1.807) is 6.07 Å². The average molecular weight is 196 g/mol. The molecule has 1 aromatic heterocycles. The summed E-state index contributed by atoms with van der Waals surface area (Å²) in [4.78, 5) is 4.01. The zero-order valence-electron chi connectivity index (χ0n) is 7.78. The van der Waals surface area contributed by atoms with Crippen molar-refractivity contribution in [3.8, 4) is 0 Å². The number of halogens is 1. The van der Waals surface area contributed by atoms with Gasteiger partial charge in [-0.05, 0) is 25.0 Å². The predicted molar refractivity (Wildman–Crippen MR) is 50.2 cm³/mol. The Hall–Kier alpha value is -1.00. The van der Waals surface area contributed by atoms with E-state index in [-0.39, 0.29) is 17.3 Å². The van der Waals surface area contributed by atoms with Crippen LogP contribution in [0.25, 0.3) is 0 Å². The third-order valence-electron chi connectivity index (χ3n) is 2.91. The van der Waals surface area contributed by atoms with Gasteiger partial charge in [-0.2, -0.15) is 0 Å². The molecule has 0 unspecified atom stereocenters. The SMILES string of the molecule is NCC1(c2ccc(F)cn2)CC(O)C1. The summed E-state index contributed by atoms with van der Waals surface area (Å²) in [5.41, 5.74) is 6.21. The standard InChI is InChI=1S/C10H13FN2O/c11-7-1-2-9(13-5-7)10(6-12)3-8(14)4-10/h1-2,5,8,14H,3-4,6,12H2. The molecule has 0 atom stereocenters. The van der Waals surface area contributed by atoms with Crippen molar-refractivity contribution in [2.75, 3.05) is 6.54 Å². The Bertz CT molecular complexity index is 319. The van der Waals surface area contributed by atoms with Crippen molar-refractivity contribution in [2.45, 2.75) is 24.4 Å². The van der Waals surface area contributed by atoms with Crippen LogP contribution in [0.15, 0.2) is 18.3 Å². The summed E-state index contributed by atoms with van der Waals surface area (Å²) in [5.74, 6) is -0.346. The summed E-state index contributed by atoms with van der Waals surface area (Å²) in [6.45, 7) is 0.447. The molecule has 1 aliphatic rings. The Kier molecular flexibility index (Phi) is 2.25. The lowest BCUT2D eigenvalue weighted by Gasteiger charge is -2.44. The third-order valence-corrected chi connectivity index (χ3v) is 2.91. The second-order valence-electron chi connectivity index (χ2n) is 3.91. The molecule has 1 heterocycles. The van der Waals surface area contributed by atoms with Gasteiger partial charge in [-0.3, -0.25) is 4.98 Å². The van der Waals surface area contributed by atoms with Crippen LogP contribution < -0.4 is 5.73 Å². The van der Waals surface area contributed by atoms with Gasteiger partial charge < -0.3 is 10.8 Å². The maximum atomic E-state index is 12.6. The number of hydrogen-bond donors (Lipinski definition) is 2. The minimum absolute atomic E-state index is 0.229. The fraction of sp³-hybridized carbons (Fsp3) is 0.500. The number of rotatable bonds is 2. The van der Waals surface area contributed by atoms with Crippen molar-refractivity contribution in [1.82, 2.24) is 4.98 Å². The minimum atomic E-state index is -0.346. The summed E-state index contributed by atoms with van der Waals surface area (Å²) in [7, 11) is 0. The van der Waals surface area contributed by atoms with Crippen molar-refractivity contribution in [3.63, 3.8) is 0 Å². The van der Waals surface area contributed by atoms with Crippen molar-refractivity contribution < 1.29 is 9.50 Å². The van der Waals surface area contributed by atoms with Crippen LogP contribution in [-0.4, -0.2) is 22.7 Å². The molecule has 4 heteroatoms. The normalized spacial score (nSPS) is 31.2. The van der Waals surface area contributed by atoms with Crippen LogP contribution in [0.4, 0.5) is 4.39 Å². The lowest BCUT2D eigenvalue weighted by molar-refractivity contribution is 0.0200. The highest BCUT2D eigenvalue weighted by Gasteiger charge is 2.44. The summed E-state index contributed by atoms with van der Waals surface area (Å²) in [5, 5.41) is 9.27. The zero-order chi connectivity index (χ0) is 10.2. The summed E-state index contributed by atoms with van der Waals surface area (Å²) >= 11 is 0. The summed E-state index contributed by atoms with van der Waals surface area (Å²) < 4.78 is 12.6. The van der Waals surface area contributed by atoms with E-state index in [9.17, 15) is 9.50 Å². The molecule has 1 aromatic rings. The summed E-state index contributed by atoms with van der Waals surface area (Å²) in [6.07, 6.45) is 2.16. The number of aromatic nitrogens is 1.